The number of fused-ring (bicyclic) bond motifs is 1. The molecular formula is C16H12O3S3. The van der Waals surface area contributed by atoms with Crippen LogP contribution in [0.15, 0.2) is 54.6 Å². The van der Waals surface area contributed by atoms with Crippen LogP contribution >= 0.6 is 38.7 Å². The maximum Gasteiger partial charge on any atom is 0.152 e. The first-order chi connectivity index (χ1) is 10.8. The third-order valence-corrected chi connectivity index (χ3v) is 4.01. The van der Waals surface area contributed by atoms with Gasteiger partial charge in [0.05, 0.1) is 0 Å². The van der Waals surface area contributed by atoms with Crippen LogP contribution in [-0.2, 0) is 0 Å². The van der Waals surface area contributed by atoms with E-state index in [1.54, 1.807) is 0 Å². The molecule has 3 nitrogen and oxygen atoms in total. The Kier molecular flexibility index (Phi) is 4.61. The Balaban J connectivity index is 2.27. The Morgan fingerprint density at radius 2 is 1.36 bits per heavy atom. The second-order valence-corrected chi connectivity index (χ2v) is 5.14. The van der Waals surface area contributed by atoms with Gasteiger partial charge in [-0.05, 0) is 23.8 Å². The van der Waals surface area contributed by atoms with Crippen molar-refractivity contribution in [3.63, 3.8) is 0 Å². The first-order valence-electron chi connectivity index (χ1n) is 6.39. The number of thiol groups is 3. The second kappa shape index (κ2) is 6.64. The minimum atomic E-state index is 0.651. The van der Waals surface area contributed by atoms with Crippen LogP contribution < -0.4 is 12.5 Å². The van der Waals surface area contributed by atoms with Gasteiger partial charge in [0.2, 0.25) is 0 Å². The van der Waals surface area contributed by atoms with E-state index in [4.69, 9.17) is 12.5 Å². The molecule has 3 rings (SSSR count). The molecule has 0 N–H and O–H groups in total. The van der Waals surface area contributed by atoms with Crippen molar-refractivity contribution >= 4 is 49.5 Å². The molecule has 0 radical (unpaired) electrons. The summed E-state index contributed by atoms with van der Waals surface area (Å²) in [7, 11) is 0. The van der Waals surface area contributed by atoms with Crippen LogP contribution in [0, 0.1) is 0 Å². The highest BCUT2D eigenvalue weighted by Crippen LogP contribution is 2.43. The largest absolute Gasteiger partial charge is 0.429 e. The summed E-state index contributed by atoms with van der Waals surface area (Å²) in [5, 5.41) is 1.80. The summed E-state index contributed by atoms with van der Waals surface area (Å²) in [6.45, 7) is 0. The molecule has 3 aromatic carbocycles. The fourth-order valence-electron chi connectivity index (χ4n) is 2.40. The van der Waals surface area contributed by atoms with Crippen LogP contribution in [0.4, 0.5) is 0 Å². The molecule has 0 atom stereocenters. The molecule has 112 valence electrons. The lowest BCUT2D eigenvalue weighted by Crippen LogP contribution is -1.89. The van der Waals surface area contributed by atoms with Crippen LogP contribution in [0.2, 0.25) is 0 Å². The third kappa shape index (κ3) is 2.69. The zero-order chi connectivity index (χ0) is 15.5. The summed E-state index contributed by atoms with van der Waals surface area (Å²) < 4.78 is 15.4. The van der Waals surface area contributed by atoms with Gasteiger partial charge in [-0.15, -0.1) is 0 Å². The molecule has 0 aromatic heterocycles. The van der Waals surface area contributed by atoms with Crippen LogP contribution in [0.5, 0.6) is 17.2 Å². The molecular weight excluding hydrogens is 336 g/mol. The van der Waals surface area contributed by atoms with Crippen molar-refractivity contribution in [2.24, 2.45) is 0 Å². The topological polar surface area (TPSA) is 27.7 Å². The molecule has 0 spiro atoms. The van der Waals surface area contributed by atoms with Gasteiger partial charge in [0, 0.05) is 55.1 Å². The predicted octanol–water partition coefficient (Wildman–Crippen LogP) is 5.18. The summed E-state index contributed by atoms with van der Waals surface area (Å²) in [5.74, 6) is 1.97. The molecule has 3 aromatic rings. The first kappa shape index (κ1) is 15.3. The average molecular weight is 348 g/mol. The van der Waals surface area contributed by atoms with Crippen LogP contribution in [0.1, 0.15) is 0 Å². The average Bonchev–Trinajstić information content (AvgIpc) is 2.60. The van der Waals surface area contributed by atoms with Gasteiger partial charge in [-0.1, -0.05) is 36.4 Å². The van der Waals surface area contributed by atoms with Gasteiger partial charge in [0.15, 0.2) is 5.75 Å². The summed E-state index contributed by atoms with van der Waals surface area (Å²) in [6.07, 6.45) is 0. The van der Waals surface area contributed by atoms with Crippen LogP contribution in [0.25, 0.3) is 21.9 Å². The number of hydrogen-bond acceptors (Lipinski definition) is 6. The van der Waals surface area contributed by atoms with E-state index in [-0.39, 0.29) is 0 Å². The van der Waals surface area contributed by atoms with Gasteiger partial charge in [-0.3, -0.25) is 0 Å². The molecule has 0 saturated heterocycles. The first-order valence-corrected chi connectivity index (χ1v) is 7.48. The molecule has 0 bridgehead atoms. The van der Waals surface area contributed by atoms with Gasteiger partial charge in [-0.25, -0.2) is 0 Å². The van der Waals surface area contributed by atoms with Crippen molar-refractivity contribution in [1.29, 1.82) is 0 Å². The maximum atomic E-state index is 5.34. The Bertz CT molecular complexity index is 804. The molecule has 0 heterocycles. The van der Waals surface area contributed by atoms with Crippen LogP contribution in [-0.4, -0.2) is 0 Å². The van der Waals surface area contributed by atoms with Gasteiger partial charge in [-0.2, -0.15) is 0 Å². The van der Waals surface area contributed by atoms with E-state index in [0.717, 1.165) is 21.9 Å². The van der Waals surface area contributed by atoms with Crippen molar-refractivity contribution in [3.05, 3.63) is 54.6 Å². The Morgan fingerprint density at radius 3 is 1.95 bits per heavy atom. The van der Waals surface area contributed by atoms with E-state index in [1.807, 2.05) is 54.6 Å². The Morgan fingerprint density at radius 1 is 0.682 bits per heavy atom. The molecule has 22 heavy (non-hydrogen) atoms. The van der Waals surface area contributed by atoms with Gasteiger partial charge < -0.3 is 12.5 Å². The molecule has 0 aliphatic carbocycles. The van der Waals surface area contributed by atoms with E-state index in [9.17, 15) is 0 Å². The molecule has 0 aliphatic heterocycles. The van der Waals surface area contributed by atoms with E-state index < -0.39 is 0 Å². The van der Waals surface area contributed by atoms with Crippen molar-refractivity contribution in [3.8, 4) is 28.4 Å². The van der Waals surface area contributed by atoms with Crippen molar-refractivity contribution in [2.45, 2.75) is 0 Å². The molecule has 0 amide bonds. The standard InChI is InChI=1S/C16H12O3S3/c20-17-11-7-5-10(6-8-11)14-9-15(18-21)12-3-1-2-4-13(12)16(14)19-22/h1-9,20-22H. The van der Waals surface area contributed by atoms with Crippen molar-refractivity contribution < 1.29 is 12.5 Å². The third-order valence-electron chi connectivity index (χ3n) is 3.42. The molecule has 0 fully saturated rings. The summed E-state index contributed by atoms with van der Waals surface area (Å²) in [4.78, 5) is 0. The number of benzene rings is 3. The Labute approximate surface area is 145 Å². The summed E-state index contributed by atoms with van der Waals surface area (Å²) in [5.41, 5.74) is 1.79. The second-order valence-electron chi connectivity index (χ2n) is 4.60. The summed E-state index contributed by atoms with van der Waals surface area (Å²) >= 11 is 11.7. The zero-order valence-electron chi connectivity index (χ0n) is 11.3. The monoisotopic (exact) mass is 348 g/mol. The lowest BCUT2D eigenvalue weighted by molar-refractivity contribution is 0.653. The highest BCUT2D eigenvalue weighted by molar-refractivity contribution is 7.75. The number of rotatable bonds is 4. The van der Waals surface area contributed by atoms with E-state index in [1.165, 1.54) is 0 Å². The smallest absolute Gasteiger partial charge is 0.152 e. The number of hydrogen-bond donors (Lipinski definition) is 3. The van der Waals surface area contributed by atoms with Crippen molar-refractivity contribution in [1.82, 2.24) is 0 Å². The molecule has 6 heteroatoms. The minimum absolute atomic E-state index is 0.651. The normalized spacial score (nSPS) is 10.5. The maximum absolute atomic E-state index is 5.34. The lowest BCUT2D eigenvalue weighted by atomic mass is 9.99. The quantitative estimate of drug-likeness (QED) is 0.448. The van der Waals surface area contributed by atoms with E-state index >= 15 is 0 Å². The Hall–Kier alpha value is -1.63. The fraction of sp³-hybridized carbons (Fsp3) is 0. The zero-order valence-corrected chi connectivity index (χ0v) is 13.9. The molecule has 0 aliphatic rings. The van der Waals surface area contributed by atoms with Crippen molar-refractivity contribution in [2.75, 3.05) is 0 Å². The fourth-order valence-corrected chi connectivity index (χ4v) is 2.87. The van der Waals surface area contributed by atoms with Gasteiger partial charge >= 0.3 is 0 Å². The highest BCUT2D eigenvalue weighted by Gasteiger charge is 2.15. The van der Waals surface area contributed by atoms with Gasteiger partial charge in [0.1, 0.15) is 11.5 Å². The lowest BCUT2D eigenvalue weighted by Gasteiger charge is -2.14. The van der Waals surface area contributed by atoms with E-state index in [2.05, 4.69) is 38.7 Å². The predicted molar refractivity (Wildman–Crippen MR) is 98.2 cm³/mol. The molecule has 0 saturated carbocycles. The highest BCUT2D eigenvalue weighted by atomic mass is 32.1. The van der Waals surface area contributed by atoms with Gasteiger partial charge in [0.25, 0.3) is 0 Å². The van der Waals surface area contributed by atoms with Crippen LogP contribution in [0.3, 0.4) is 0 Å². The molecule has 0 unspecified atom stereocenters. The van der Waals surface area contributed by atoms with E-state index in [0.29, 0.717) is 17.2 Å². The SMILES string of the molecule is SOc1ccc(-c2cc(OS)c3ccccc3c2OS)cc1. The summed E-state index contributed by atoms with van der Waals surface area (Å²) in [6, 6.07) is 17.1. The minimum Gasteiger partial charge on any atom is -0.429 e.